The van der Waals surface area contributed by atoms with Gasteiger partial charge in [-0.25, -0.2) is 9.78 Å². The zero-order valence-electron chi connectivity index (χ0n) is 10.9. The van der Waals surface area contributed by atoms with Crippen LogP contribution in [0.5, 0.6) is 11.5 Å². The molecule has 1 N–H and O–H groups in total. The highest BCUT2D eigenvalue weighted by molar-refractivity contribution is 7.13. The normalized spacial score (nSPS) is 13.8. The first-order valence-electron chi connectivity index (χ1n) is 6.26. The number of carboxylic acid groups (broad SMARTS) is 1. The number of benzene rings is 1. The van der Waals surface area contributed by atoms with Crippen LogP contribution in [0.15, 0.2) is 18.2 Å². The van der Waals surface area contributed by atoms with E-state index >= 15 is 0 Å². The summed E-state index contributed by atoms with van der Waals surface area (Å²) in [6.07, 6.45) is 0.850. The van der Waals surface area contributed by atoms with Crippen LogP contribution in [-0.4, -0.2) is 29.3 Å². The average molecular weight is 291 g/mol. The fourth-order valence-electron chi connectivity index (χ4n) is 2.07. The van der Waals surface area contributed by atoms with E-state index in [1.54, 1.807) is 0 Å². The van der Waals surface area contributed by atoms with Gasteiger partial charge in [-0.05, 0) is 25.1 Å². The maximum Gasteiger partial charge on any atom is 0.365 e. The Hall–Kier alpha value is -2.08. The standard InChI is InChI=1S/C14H13NO4S/c1-8-12(15-13(20-8)14(16)17)9-3-4-10-11(7-9)19-6-2-5-18-10/h3-4,7H,2,5-6H2,1H3,(H,16,17). The summed E-state index contributed by atoms with van der Waals surface area (Å²) in [5, 5.41) is 9.10. The van der Waals surface area contributed by atoms with E-state index < -0.39 is 5.97 Å². The number of thiazole rings is 1. The number of hydrogen-bond donors (Lipinski definition) is 1. The Bertz CT molecular complexity index is 665. The Morgan fingerprint density at radius 2 is 2.05 bits per heavy atom. The molecular formula is C14H13NO4S. The molecule has 2 heterocycles. The Balaban J connectivity index is 2.02. The average Bonchev–Trinajstić information content (AvgIpc) is 2.68. The SMILES string of the molecule is Cc1sc(C(=O)O)nc1-c1ccc2c(c1)OCCCO2. The monoisotopic (exact) mass is 291 g/mol. The number of carbonyl (C=O) groups is 1. The molecule has 2 aromatic rings. The third-order valence-corrected chi connectivity index (χ3v) is 3.96. The molecule has 1 aliphatic heterocycles. The molecule has 20 heavy (non-hydrogen) atoms. The number of nitrogens with zero attached hydrogens (tertiary/aromatic N) is 1. The predicted molar refractivity (Wildman–Crippen MR) is 74.9 cm³/mol. The lowest BCUT2D eigenvalue weighted by atomic mass is 10.1. The number of aromatic carboxylic acids is 1. The van der Waals surface area contributed by atoms with Gasteiger partial charge in [0.1, 0.15) is 0 Å². The molecule has 1 aromatic heterocycles. The van der Waals surface area contributed by atoms with Gasteiger partial charge in [0.15, 0.2) is 11.5 Å². The minimum atomic E-state index is -1.00. The van der Waals surface area contributed by atoms with Crippen molar-refractivity contribution in [3.63, 3.8) is 0 Å². The Morgan fingerprint density at radius 3 is 2.75 bits per heavy atom. The van der Waals surface area contributed by atoms with Crippen molar-refractivity contribution < 1.29 is 19.4 Å². The van der Waals surface area contributed by atoms with Crippen molar-refractivity contribution in [2.24, 2.45) is 0 Å². The van der Waals surface area contributed by atoms with Crippen LogP contribution in [0, 0.1) is 6.92 Å². The van der Waals surface area contributed by atoms with Crippen molar-refractivity contribution in [1.29, 1.82) is 0 Å². The molecule has 0 spiro atoms. The highest BCUT2D eigenvalue weighted by Gasteiger charge is 2.17. The molecule has 104 valence electrons. The third-order valence-electron chi connectivity index (χ3n) is 3.00. The van der Waals surface area contributed by atoms with Crippen LogP contribution >= 0.6 is 11.3 Å². The Labute approximate surface area is 119 Å². The number of aryl methyl sites for hydroxylation is 1. The molecule has 0 saturated heterocycles. The number of carboxylic acids is 1. The number of ether oxygens (including phenoxy) is 2. The summed E-state index contributed by atoms with van der Waals surface area (Å²) in [5.74, 6) is 0.403. The van der Waals surface area contributed by atoms with Gasteiger partial charge >= 0.3 is 5.97 Å². The largest absolute Gasteiger partial charge is 0.490 e. The van der Waals surface area contributed by atoms with Crippen molar-refractivity contribution in [2.45, 2.75) is 13.3 Å². The molecule has 6 heteroatoms. The summed E-state index contributed by atoms with van der Waals surface area (Å²) in [5.41, 5.74) is 1.53. The fraction of sp³-hybridized carbons (Fsp3) is 0.286. The lowest BCUT2D eigenvalue weighted by Crippen LogP contribution is -1.97. The molecule has 0 saturated carbocycles. The van der Waals surface area contributed by atoms with E-state index in [1.165, 1.54) is 11.3 Å². The number of fused-ring (bicyclic) bond motifs is 1. The van der Waals surface area contributed by atoms with Gasteiger partial charge in [-0.3, -0.25) is 0 Å². The van der Waals surface area contributed by atoms with Gasteiger partial charge < -0.3 is 14.6 Å². The van der Waals surface area contributed by atoms with Crippen molar-refractivity contribution in [2.75, 3.05) is 13.2 Å². The van der Waals surface area contributed by atoms with Crippen LogP contribution in [0.2, 0.25) is 0 Å². The topological polar surface area (TPSA) is 68.7 Å². The van der Waals surface area contributed by atoms with Crippen LogP contribution < -0.4 is 9.47 Å². The van der Waals surface area contributed by atoms with E-state index in [0.29, 0.717) is 24.7 Å². The van der Waals surface area contributed by atoms with Gasteiger partial charge in [-0.15, -0.1) is 11.3 Å². The lowest BCUT2D eigenvalue weighted by molar-refractivity contribution is 0.0696. The zero-order valence-corrected chi connectivity index (χ0v) is 11.7. The molecule has 0 fully saturated rings. The minimum absolute atomic E-state index is 0.101. The zero-order chi connectivity index (χ0) is 14.1. The molecule has 0 bridgehead atoms. The lowest BCUT2D eigenvalue weighted by Gasteiger charge is -2.08. The molecule has 5 nitrogen and oxygen atoms in total. The van der Waals surface area contributed by atoms with E-state index in [2.05, 4.69) is 4.98 Å². The van der Waals surface area contributed by atoms with Gasteiger partial charge in [0.05, 0.1) is 18.9 Å². The molecule has 0 atom stereocenters. The second kappa shape index (κ2) is 5.13. The van der Waals surface area contributed by atoms with Gasteiger partial charge in [0.25, 0.3) is 0 Å². The second-order valence-corrected chi connectivity index (χ2v) is 5.64. The molecule has 3 rings (SSSR count). The van der Waals surface area contributed by atoms with E-state index in [9.17, 15) is 4.79 Å². The first-order chi connectivity index (χ1) is 9.65. The minimum Gasteiger partial charge on any atom is -0.490 e. The van der Waals surface area contributed by atoms with Crippen molar-refractivity contribution in [3.05, 3.63) is 28.1 Å². The van der Waals surface area contributed by atoms with Crippen molar-refractivity contribution >= 4 is 17.3 Å². The Kier molecular flexibility index (Phi) is 3.31. The summed E-state index contributed by atoms with van der Waals surface area (Å²) in [6, 6.07) is 5.57. The molecule has 1 aromatic carbocycles. The quantitative estimate of drug-likeness (QED) is 0.921. The van der Waals surface area contributed by atoms with Gasteiger partial charge in [-0.1, -0.05) is 0 Å². The van der Waals surface area contributed by atoms with Crippen LogP contribution in [0.4, 0.5) is 0 Å². The van der Waals surface area contributed by atoms with Crippen LogP contribution in [-0.2, 0) is 0 Å². The molecule has 1 aliphatic rings. The Morgan fingerprint density at radius 1 is 1.30 bits per heavy atom. The predicted octanol–water partition coefficient (Wildman–Crippen LogP) is 2.98. The van der Waals surface area contributed by atoms with Crippen molar-refractivity contribution in [1.82, 2.24) is 4.98 Å². The number of aromatic nitrogens is 1. The molecule has 0 amide bonds. The van der Waals surface area contributed by atoms with Gasteiger partial charge in [-0.2, -0.15) is 0 Å². The molecule has 0 aliphatic carbocycles. The van der Waals surface area contributed by atoms with Gasteiger partial charge in [0, 0.05) is 16.9 Å². The highest BCUT2D eigenvalue weighted by atomic mass is 32.1. The van der Waals surface area contributed by atoms with Crippen molar-refractivity contribution in [3.8, 4) is 22.8 Å². The van der Waals surface area contributed by atoms with E-state index in [1.807, 2.05) is 25.1 Å². The summed E-state index contributed by atoms with van der Waals surface area (Å²) >= 11 is 1.18. The highest BCUT2D eigenvalue weighted by Crippen LogP contribution is 2.36. The van der Waals surface area contributed by atoms with Crippen LogP contribution in [0.25, 0.3) is 11.3 Å². The maximum absolute atomic E-state index is 11.0. The van der Waals surface area contributed by atoms with Crippen LogP contribution in [0.3, 0.4) is 0 Å². The molecule has 0 radical (unpaired) electrons. The third kappa shape index (κ3) is 2.34. The smallest absolute Gasteiger partial charge is 0.365 e. The maximum atomic E-state index is 11.0. The summed E-state index contributed by atoms with van der Waals surface area (Å²) in [7, 11) is 0. The summed E-state index contributed by atoms with van der Waals surface area (Å²) < 4.78 is 11.2. The van der Waals surface area contributed by atoms with E-state index in [0.717, 1.165) is 22.6 Å². The molecule has 0 unspecified atom stereocenters. The number of rotatable bonds is 2. The number of hydrogen-bond acceptors (Lipinski definition) is 5. The van der Waals surface area contributed by atoms with E-state index in [4.69, 9.17) is 14.6 Å². The fourth-order valence-corrected chi connectivity index (χ4v) is 2.84. The first-order valence-corrected chi connectivity index (χ1v) is 7.07. The second-order valence-electron chi connectivity index (χ2n) is 4.44. The summed E-state index contributed by atoms with van der Waals surface area (Å²) in [6.45, 7) is 3.13. The van der Waals surface area contributed by atoms with E-state index in [-0.39, 0.29) is 5.01 Å². The van der Waals surface area contributed by atoms with Crippen LogP contribution in [0.1, 0.15) is 21.1 Å². The van der Waals surface area contributed by atoms with Gasteiger partial charge in [0.2, 0.25) is 5.01 Å². The first kappa shape index (κ1) is 12.9. The summed E-state index contributed by atoms with van der Waals surface area (Å²) in [4.78, 5) is 16.0. The molecular weight excluding hydrogens is 278 g/mol.